The van der Waals surface area contributed by atoms with Crippen molar-refractivity contribution in [3.63, 3.8) is 0 Å². The molecule has 2 rings (SSSR count). The van der Waals surface area contributed by atoms with E-state index in [2.05, 4.69) is 16.3 Å². The third-order valence-electron chi connectivity index (χ3n) is 2.43. The predicted octanol–water partition coefficient (Wildman–Crippen LogP) is 1.41. The SMILES string of the molecule is CSc1ccc(CN2CCNCC2)o1. The van der Waals surface area contributed by atoms with E-state index >= 15 is 0 Å². The van der Waals surface area contributed by atoms with Gasteiger partial charge in [0.1, 0.15) is 5.76 Å². The van der Waals surface area contributed by atoms with E-state index in [1.54, 1.807) is 11.8 Å². The summed E-state index contributed by atoms with van der Waals surface area (Å²) in [5, 5.41) is 4.35. The molecule has 4 heteroatoms. The average molecular weight is 212 g/mol. The van der Waals surface area contributed by atoms with Gasteiger partial charge in [-0.1, -0.05) is 11.8 Å². The van der Waals surface area contributed by atoms with Crippen LogP contribution < -0.4 is 5.32 Å². The van der Waals surface area contributed by atoms with E-state index in [9.17, 15) is 0 Å². The summed E-state index contributed by atoms with van der Waals surface area (Å²) >= 11 is 1.65. The Hall–Kier alpha value is -0.450. The van der Waals surface area contributed by atoms with Crippen LogP contribution in [0.1, 0.15) is 5.76 Å². The third kappa shape index (κ3) is 2.53. The van der Waals surface area contributed by atoms with E-state index in [4.69, 9.17) is 4.42 Å². The van der Waals surface area contributed by atoms with E-state index in [1.165, 1.54) is 0 Å². The monoisotopic (exact) mass is 212 g/mol. The van der Waals surface area contributed by atoms with Gasteiger partial charge in [-0.3, -0.25) is 4.90 Å². The number of hydrogen-bond donors (Lipinski definition) is 1. The molecule has 0 bridgehead atoms. The van der Waals surface area contributed by atoms with Crippen LogP contribution in [0.25, 0.3) is 0 Å². The van der Waals surface area contributed by atoms with Crippen LogP contribution in [0.15, 0.2) is 21.6 Å². The Balaban J connectivity index is 1.89. The molecular formula is C10H16N2OS. The van der Waals surface area contributed by atoms with Crippen molar-refractivity contribution in [2.75, 3.05) is 32.4 Å². The van der Waals surface area contributed by atoms with Crippen molar-refractivity contribution in [3.8, 4) is 0 Å². The molecule has 0 aromatic carbocycles. The second-order valence-electron chi connectivity index (χ2n) is 3.45. The molecule has 1 aliphatic rings. The first-order chi connectivity index (χ1) is 6.88. The lowest BCUT2D eigenvalue weighted by Gasteiger charge is -2.26. The summed E-state index contributed by atoms with van der Waals surface area (Å²) in [4.78, 5) is 2.42. The van der Waals surface area contributed by atoms with Crippen LogP contribution in [-0.4, -0.2) is 37.3 Å². The first kappa shape index (κ1) is 10.1. The lowest BCUT2D eigenvalue weighted by molar-refractivity contribution is 0.211. The quantitative estimate of drug-likeness (QED) is 0.767. The number of thioether (sulfide) groups is 1. The van der Waals surface area contributed by atoms with Gasteiger partial charge in [0.2, 0.25) is 0 Å². The fourth-order valence-corrected chi connectivity index (χ4v) is 2.04. The highest BCUT2D eigenvalue weighted by Gasteiger charge is 2.11. The zero-order valence-electron chi connectivity index (χ0n) is 8.45. The molecular weight excluding hydrogens is 196 g/mol. The predicted molar refractivity (Wildman–Crippen MR) is 58.6 cm³/mol. The Morgan fingerprint density at radius 3 is 2.86 bits per heavy atom. The van der Waals surface area contributed by atoms with Gasteiger partial charge >= 0.3 is 0 Å². The molecule has 1 aliphatic heterocycles. The van der Waals surface area contributed by atoms with Crippen LogP contribution in [0.5, 0.6) is 0 Å². The smallest absolute Gasteiger partial charge is 0.160 e. The van der Waals surface area contributed by atoms with Gasteiger partial charge in [0.05, 0.1) is 6.54 Å². The van der Waals surface area contributed by atoms with Crippen LogP contribution >= 0.6 is 11.8 Å². The highest BCUT2D eigenvalue weighted by Crippen LogP contribution is 2.19. The summed E-state index contributed by atoms with van der Waals surface area (Å²) in [7, 11) is 0. The van der Waals surface area contributed by atoms with Gasteiger partial charge in [-0.15, -0.1) is 0 Å². The van der Waals surface area contributed by atoms with E-state index < -0.39 is 0 Å². The van der Waals surface area contributed by atoms with E-state index in [0.29, 0.717) is 0 Å². The second-order valence-corrected chi connectivity index (χ2v) is 4.26. The van der Waals surface area contributed by atoms with E-state index in [0.717, 1.165) is 43.6 Å². The Morgan fingerprint density at radius 1 is 1.43 bits per heavy atom. The number of nitrogens with zero attached hydrogens (tertiary/aromatic N) is 1. The summed E-state index contributed by atoms with van der Waals surface area (Å²) in [5.74, 6) is 1.08. The molecule has 2 heterocycles. The molecule has 78 valence electrons. The largest absolute Gasteiger partial charge is 0.454 e. The molecule has 3 nitrogen and oxygen atoms in total. The molecule has 0 spiro atoms. The number of hydrogen-bond acceptors (Lipinski definition) is 4. The van der Waals surface area contributed by atoms with Gasteiger partial charge in [-0.05, 0) is 18.4 Å². The van der Waals surface area contributed by atoms with Crippen LogP contribution in [0.3, 0.4) is 0 Å². The van der Waals surface area contributed by atoms with Crippen molar-refractivity contribution in [1.29, 1.82) is 0 Å². The molecule has 0 saturated carbocycles. The molecule has 1 aromatic rings. The highest BCUT2D eigenvalue weighted by molar-refractivity contribution is 7.98. The topological polar surface area (TPSA) is 28.4 Å². The zero-order chi connectivity index (χ0) is 9.80. The lowest BCUT2D eigenvalue weighted by Crippen LogP contribution is -2.42. The van der Waals surface area contributed by atoms with Crippen LogP contribution in [-0.2, 0) is 6.54 Å². The molecule has 0 aliphatic carbocycles. The van der Waals surface area contributed by atoms with E-state index in [1.807, 2.05) is 12.3 Å². The van der Waals surface area contributed by atoms with E-state index in [-0.39, 0.29) is 0 Å². The molecule has 1 N–H and O–H groups in total. The summed E-state index contributed by atoms with van der Waals surface area (Å²) in [6, 6.07) is 4.12. The first-order valence-corrected chi connectivity index (χ1v) is 6.17. The van der Waals surface area contributed by atoms with Crippen LogP contribution in [0.4, 0.5) is 0 Å². The normalized spacial score (nSPS) is 18.6. The Bertz CT molecular complexity index is 281. The summed E-state index contributed by atoms with van der Waals surface area (Å²) in [6.45, 7) is 5.37. The van der Waals surface area contributed by atoms with Gasteiger partial charge in [0.15, 0.2) is 5.09 Å². The maximum absolute atomic E-state index is 5.64. The van der Waals surface area contributed by atoms with Crippen molar-refractivity contribution in [3.05, 3.63) is 17.9 Å². The average Bonchev–Trinajstić information content (AvgIpc) is 2.67. The molecule has 1 aromatic heterocycles. The maximum Gasteiger partial charge on any atom is 0.160 e. The fourth-order valence-electron chi connectivity index (χ4n) is 1.64. The minimum Gasteiger partial charge on any atom is -0.454 e. The van der Waals surface area contributed by atoms with Crippen LogP contribution in [0, 0.1) is 0 Å². The number of piperazine rings is 1. The Morgan fingerprint density at radius 2 is 2.21 bits per heavy atom. The lowest BCUT2D eigenvalue weighted by atomic mass is 10.3. The molecule has 0 unspecified atom stereocenters. The minimum absolute atomic E-state index is 0.947. The Kier molecular flexibility index (Phi) is 3.50. The number of furan rings is 1. The Labute approximate surface area is 88.8 Å². The standard InChI is InChI=1S/C10H16N2OS/c1-14-10-3-2-9(13-10)8-12-6-4-11-5-7-12/h2-3,11H,4-8H2,1H3. The van der Waals surface area contributed by atoms with Crippen molar-refractivity contribution in [1.82, 2.24) is 10.2 Å². The molecule has 1 fully saturated rings. The third-order valence-corrected chi connectivity index (χ3v) is 3.05. The maximum atomic E-state index is 5.64. The van der Waals surface area contributed by atoms with Crippen molar-refractivity contribution >= 4 is 11.8 Å². The molecule has 0 atom stereocenters. The molecule has 0 radical (unpaired) electrons. The summed E-state index contributed by atoms with van der Waals surface area (Å²) < 4.78 is 5.64. The van der Waals surface area contributed by atoms with Gasteiger partial charge < -0.3 is 9.73 Å². The minimum atomic E-state index is 0.947. The van der Waals surface area contributed by atoms with Crippen molar-refractivity contribution < 1.29 is 4.42 Å². The first-order valence-electron chi connectivity index (χ1n) is 4.94. The molecule has 14 heavy (non-hydrogen) atoms. The van der Waals surface area contributed by atoms with Crippen molar-refractivity contribution in [2.24, 2.45) is 0 Å². The molecule has 1 saturated heterocycles. The zero-order valence-corrected chi connectivity index (χ0v) is 9.27. The van der Waals surface area contributed by atoms with Gasteiger partial charge in [0, 0.05) is 26.2 Å². The number of nitrogens with one attached hydrogen (secondary N) is 1. The van der Waals surface area contributed by atoms with Crippen LogP contribution in [0.2, 0.25) is 0 Å². The van der Waals surface area contributed by atoms with Gasteiger partial charge in [-0.2, -0.15) is 0 Å². The van der Waals surface area contributed by atoms with Gasteiger partial charge in [-0.25, -0.2) is 0 Å². The second kappa shape index (κ2) is 4.87. The summed E-state index contributed by atoms with van der Waals surface area (Å²) in [6.07, 6.45) is 2.04. The van der Waals surface area contributed by atoms with Crippen molar-refractivity contribution in [2.45, 2.75) is 11.6 Å². The fraction of sp³-hybridized carbons (Fsp3) is 0.600. The highest BCUT2D eigenvalue weighted by atomic mass is 32.2. The molecule has 0 amide bonds. The number of rotatable bonds is 3. The summed E-state index contributed by atoms with van der Waals surface area (Å²) in [5.41, 5.74) is 0. The van der Waals surface area contributed by atoms with Gasteiger partial charge in [0.25, 0.3) is 0 Å².